The molecule has 3 aromatic rings. The maximum Gasteiger partial charge on any atom is 0.416 e. The van der Waals surface area contributed by atoms with Crippen LogP contribution in [0.1, 0.15) is 41.6 Å². The quantitative estimate of drug-likeness (QED) is 0.350. The van der Waals surface area contributed by atoms with Crippen LogP contribution in [0.5, 0.6) is 0 Å². The zero-order chi connectivity index (χ0) is 24.9. The Balaban J connectivity index is 1.63. The van der Waals surface area contributed by atoms with Gasteiger partial charge in [0, 0.05) is 12.2 Å². The summed E-state index contributed by atoms with van der Waals surface area (Å²) in [5, 5.41) is 13.6. The summed E-state index contributed by atoms with van der Waals surface area (Å²) < 4.78 is 54.1. The monoisotopic (exact) mass is 495 g/mol. The minimum Gasteiger partial charge on any atom is -0.342 e. The number of anilines is 1. The smallest absolute Gasteiger partial charge is 0.342 e. The van der Waals surface area contributed by atoms with Crippen LogP contribution in [0, 0.1) is 5.82 Å². The number of alkyl halides is 3. The number of nitrogens with zero attached hydrogens (tertiary/aromatic N) is 3. The zero-order valence-electron chi connectivity index (χ0n) is 18.2. The van der Waals surface area contributed by atoms with Crippen molar-refractivity contribution in [2.24, 2.45) is 0 Å². The molecular weight excluding hydrogens is 474 g/mol. The highest BCUT2D eigenvalue weighted by Crippen LogP contribution is 2.30. The lowest BCUT2D eigenvalue weighted by Crippen LogP contribution is -2.29. The van der Waals surface area contributed by atoms with Gasteiger partial charge in [-0.15, -0.1) is 10.2 Å². The van der Waals surface area contributed by atoms with Gasteiger partial charge in [-0.1, -0.05) is 30.0 Å². The number of rotatable bonds is 8. The molecule has 0 saturated carbocycles. The molecule has 2 amide bonds. The molecule has 0 aliphatic rings. The lowest BCUT2D eigenvalue weighted by Gasteiger charge is -2.15. The van der Waals surface area contributed by atoms with E-state index in [1.807, 2.05) is 6.92 Å². The van der Waals surface area contributed by atoms with Crippen molar-refractivity contribution in [3.63, 3.8) is 0 Å². The Morgan fingerprint density at radius 1 is 1.12 bits per heavy atom. The molecule has 0 aliphatic heterocycles. The van der Waals surface area contributed by atoms with E-state index in [-0.39, 0.29) is 17.0 Å². The number of benzene rings is 2. The third-order valence-corrected chi connectivity index (χ3v) is 5.69. The van der Waals surface area contributed by atoms with E-state index in [0.29, 0.717) is 17.5 Å². The van der Waals surface area contributed by atoms with Crippen molar-refractivity contribution in [2.75, 3.05) is 11.1 Å². The largest absolute Gasteiger partial charge is 0.416 e. The van der Waals surface area contributed by atoms with Crippen LogP contribution in [-0.4, -0.2) is 32.3 Å². The number of aromatic nitrogens is 3. The molecule has 180 valence electrons. The molecule has 2 N–H and O–H groups in total. The zero-order valence-corrected chi connectivity index (χ0v) is 19.0. The standard InChI is InChI=1S/C22H21F4N5O2S/c1-3-31-19(13(2)27-20(33)16-9-4-5-10-17(16)23)29-30-21(31)34-12-18(32)28-15-8-6-7-14(11-15)22(24,25)26/h4-11,13H,3,12H2,1-2H3,(H,27,33)(H,28,32)/t13-/m1/s1. The molecule has 1 heterocycles. The first-order valence-electron chi connectivity index (χ1n) is 10.2. The molecule has 1 aromatic heterocycles. The Bertz CT molecular complexity index is 1180. The van der Waals surface area contributed by atoms with Gasteiger partial charge in [0.25, 0.3) is 5.91 Å². The number of carbonyl (C=O) groups excluding carboxylic acids is 2. The Morgan fingerprint density at radius 3 is 2.53 bits per heavy atom. The number of hydrogen-bond donors (Lipinski definition) is 2. The molecule has 0 aliphatic carbocycles. The van der Waals surface area contributed by atoms with Crippen LogP contribution in [0.15, 0.2) is 53.7 Å². The highest BCUT2D eigenvalue weighted by molar-refractivity contribution is 7.99. The van der Waals surface area contributed by atoms with Crippen molar-refractivity contribution < 1.29 is 27.2 Å². The number of thioether (sulfide) groups is 1. The van der Waals surface area contributed by atoms with Gasteiger partial charge in [-0.05, 0) is 44.2 Å². The van der Waals surface area contributed by atoms with Gasteiger partial charge in [-0.2, -0.15) is 13.2 Å². The fourth-order valence-corrected chi connectivity index (χ4v) is 3.92. The van der Waals surface area contributed by atoms with Crippen molar-refractivity contribution in [1.29, 1.82) is 0 Å². The molecule has 0 saturated heterocycles. The molecule has 0 radical (unpaired) electrons. The molecule has 0 fully saturated rings. The van der Waals surface area contributed by atoms with E-state index in [4.69, 9.17) is 0 Å². The Kier molecular flexibility index (Phi) is 7.92. The second kappa shape index (κ2) is 10.7. The van der Waals surface area contributed by atoms with Crippen LogP contribution in [-0.2, 0) is 17.5 Å². The molecule has 0 bridgehead atoms. The SMILES string of the molecule is CCn1c(SCC(=O)Nc2cccc(C(F)(F)F)c2)nnc1[C@@H](C)NC(=O)c1ccccc1F. The Labute approximate surface area is 197 Å². The number of amides is 2. The maximum atomic E-state index is 13.9. The molecule has 12 heteroatoms. The molecule has 3 rings (SSSR count). The molecule has 34 heavy (non-hydrogen) atoms. The van der Waals surface area contributed by atoms with Crippen molar-refractivity contribution in [1.82, 2.24) is 20.1 Å². The number of hydrogen-bond acceptors (Lipinski definition) is 5. The van der Waals surface area contributed by atoms with Gasteiger partial charge in [-0.3, -0.25) is 9.59 Å². The highest BCUT2D eigenvalue weighted by Gasteiger charge is 2.30. The fraction of sp³-hybridized carbons (Fsp3) is 0.273. The highest BCUT2D eigenvalue weighted by atomic mass is 32.2. The van der Waals surface area contributed by atoms with Crippen LogP contribution in [0.25, 0.3) is 0 Å². The van der Waals surface area contributed by atoms with Crippen LogP contribution in [0.2, 0.25) is 0 Å². The summed E-state index contributed by atoms with van der Waals surface area (Å²) in [7, 11) is 0. The van der Waals surface area contributed by atoms with Crippen molar-refractivity contribution in [3.05, 3.63) is 71.3 Å². The average molecular weight is 496 g/mol. The number of halogens is 4. The van der Waals surface area contributed by atoms with Crippen molar-refractivity contribution in [3.8, 4) is 0 Å². The normalized spacial score (nSPS) is 12.3. The second-order valence-corrected chi connectivity index (χ2v) is 8.12. The van der Waals surface area contributed by atoms with E-state index in [1.54, 1.807) is 17.6 Å². The van der Waals surface area contributed by atoms with Gasteiger partial charge in [0.2, 0.25) is 5.91 Å². The minimum atomic E-state index is -4.51. The summed E-state index contributed by atoms with van der Waals surface area (Å²) in [6, 6.07) is 9.34. The summed E-state index contributed by atoms with van der Waals surface area (Å²) in [5.74, 6) is -1.48. The molecule has 1 atom stereocenters. The summed E-state index contributed by atoms with van der Waals surface area (Å²) in [4.78, 5) is 24.7. The predicted molar refractivity (Wildman–Crippen MR) is 119 cm³/mol. The van der Waals surface area contributed by atoms with Gasteiger partial charge in [0.1, 0.15) is 5.82 Å². The molecule has 0 spiro atoms. The predicted octanol–water partition coefficient (Wildman–Crippen LogP) is 4.68. The van der Waals surface area contributed by atoms with E-state index in [2.05, 4.69) is 20.8 Å². The third kappa shape index (κ3) is 6.13. The van der Waals surface area contributed by atoms with E-state index < -0.39 is 35.4 Å². The lowest BCUT2D eigenvalue weighted by atomic mass is 10.2. The average Bonchev–Trinajstić information content (AvgIpc) is 3.20. The number of carbonyl (C=O) groups is 2. The van der Waals surface area contributed by atoms with Crippen molar-refractivity contribution in [2.45, 2.75) is 37.8 Å². The van der Waals surface area contributed by atoms with Crippen LogP contribution in [0.4, 0.5) is 23.2 Å². The van der Waals surface area contributed by atoms with Crippen LogP contribution in [0.3, 0.4) is 0 Å². The van der Waals surface area contributed by atoms with E-state index in [1.165, 1.54) is 30.3 Å². The van der Waals surface area contributed by atoms with E-state index >= 15 is 0 Å². The number of nitrogens with one attached hydrogen (secondary N) is 2. The van der Waals surface area contributed by atoms with Gasteiger partial charge in [0.05, 0.1) is 22.9 Å². The molecule has 2 aromatic carbocycles. The van der Waals surface area contributed by atoms with Gasteiger partial charge in [0.15, 0.2) is 11.0 Å². The topological polar surface area (TPSA) is 88.9 Å². The minimum absolute atomic E-state index is 0.0301. The van der Waals surface area contributed by atoms with Gasteiger partial charge >= 0.3 is 6.18 Å². The third-order valence-electron chi connectivity index (χ3n) is 4.72. The first kappa shape index (κ1) is 25.2. The summed E-state index contributed by atoms with van der Waals surface area (Å²) in [6.45, 7) is 3.93. The van der Waals surface area contributed by atoms with E-state index in [9.17, 15) is 27.2 Å². The summed E-state index contributed by atoms with van der Waals surface area (Å²) >= 11 is 1.05. The maximum absolute atomic E-state index is 13.9. The first-order valence-corrected chi connectivity index (χ1v) is 11.2. The van der Waals surface area contributed by atoms with Gasteiger partial charge in [-0.25, -0.2) is 4.39 Å². The van der Waals surface area contributed by atoms with Crippen molar-refractivity contribution >= 4 is 29.3 Å². The molecule has 7 nitrogen and oxygen atoms in total. The van der Waals surface area contributed by atoms with Crippen LogP contribution >= 0.6 is 11.8 Å². The molecule has 0 unspecified atom stereocenters. The van der Waals surface area contributed by atoms with Crippen LogP contribution < -0.4 is 10.6 Å². The summed E-state index contributed by atoms with van der Waals surface area (Å²) in [5.41, 5.74) is -0.930. The Morgan fingerprint density at radius 2 is 1.85 bits per heavy atom. The lowest BCUT2D eigenvalue weighted by molar-refractivity contribution is -0.137. The second-order valence-electron chi connectivity index (χ2n) is 7.18. The Hall–Kier alpha value is -3.41. The van der Waals surface area contributed by atoms with E-state index in [0.717, 1.165) is 23.9 Å². The summed E-state index contributed by atoms with van der Waals surface area (Å²) in [6.07, 6.45) is -4.51. The molecular formula is C22H21F4N5O2S. The fourth-order valence-electron chi connectivity index (χ4n) is 3.11. The first-order chi connectivity index (χ1) is 16.1. The van der Waals surface area contributed by atoms with Gasteiger partial charge < -0.3 is 15.2 Å².